The lowest BCUT2D eigenvalue weighted by molar-refractivity contribution is -0.138. The minimum Gasteiger partial charge on any atom is -0.342 e. The lowest BCUT2D eigenvalue weighted by Gasteiger charge is -2.40. The first kappa shape index (κ1) is 23.3. The largest absolute Gasteiger partial charge is 0.416 e. The molecule has 0 N–H and O–H groups in total. The highest BCUT2D eigenvalue weighted by atomic mass is 19.4. The number of alkyl halides is 3. The second-order valence-corrected chi connectivity index (χ2v) is 8.74. The van der Waals surface area contributed by atoms with Crippen molar-refractivity contribution in [2.24, 2.45) is 0 Å². The Kier molecular flexibility index (Phi) is 6.74. The van der Waals surface area contributed by atoms with Crippen molar-refractivity contribution in [3.8, 4) is 0 Å². The number of likely N-dealkylation sites (tertiary alicyclic amines) is 1. The molecule has 2 aromatic carbocycles. The van der Waals surface area contributed by atoms with Gasteiger partial charge in [0.05, 0.1) is 11.0 Å². The van der Waals surface area contributed by atoms with Gasteiger partial charge in [0.2, 0.25) is 5.91 Å². The summed E-state index contributed by atoms with van der Waals surface area (Å²) in [4.78, 5) is 16.9. The maximum absolute atomic E-state index is 14.2. The molecular formula is C24H28F4N2O. The fraction of sp³-hybridized carbons (Fsp3) is 0.458. The first-order valence-corrected chi connectivity index (χ1v) is 10.4. The van der Waals surface area contributed by atoms with Crippen LogP contribution in [0, 0.1) is 5.82 Å². The highest BCUT2D eigenvalue weighted by Gasteiger charge is 2.37. The van der Waals surface area contributed by atoms with Crippen LogP contribution in [0.4, 0.5) is 17.6 Å². The van der Waals surface area contributed by atoms with Gasteiger partial charge in [0.25, 0.3) is 0 Å². The number of hydrogen-bond donors (Lipinski definition) is 0. The van der Waals surface area contributed by atoms with E-state index in [4.69, 9.17) is 0 Å². The predicted octanol–water partition coefficient (Wildman–Crippen LogP) is 5.25. The molecule has 0 unspecified atom stereocenters. The summed E-state index contributed by atoms with van der Waals surface area (Å²) in [5.41, 5.74) is -0.628. The zero-order valence-electron chi connectivity index (χ0n) is 18.0. The minimum atomic E-state index is -4.36. The van der Waals surface area contributed by atoms with Crippen molar-refractivity contribution in [2.45, 2.75) is 50.9 Å². The van der Waals surface area contributed by atoms with Crippen LogP contribution in [0.5, 0.6) is 0 Å². The number of halogens is 4. The molecule has 31 heavy (non-hydrogen) atoms. The first-order valence-electron chi connectivity index (χ1n) is 10.4. The van der Waals surface area contributed by atoms with Crippen LogP contribution in [0.3, 0.4) is 0 Å². The molecule has 7 heteroatoms. The van der Waals surface area contributed by atoms with Gasteiger partial charge in [0.1, 0.15) is 5.82 Å². The molecule has 1 aliphatic heterocycles. The summed E-state index contributed by atoms with van der Waals surface area (Å²) in [6.07, 6.45) is -2.92. The molecule has 0 spiro atoms. The highest BCUT2D eigenvalue weighted by Crippen LogP contribution is 2.31. The third-order valence-electron chi connectivity index (χ3n) is 6.14. The zero-order valence-corrected chi connectivity index (χ0v) is 18.0. The van der Waals surface area contributed by atoms with Crippen molar-refractivity contribution in [3.63, 3.8) is 0 Å². The average Bonchev–Trinajstić information content (AvgIpc) is 2.73. The number of benzene rings is 2. The summed E-state index contributed by atoms with van der Waals surface area (Å²) in [5.74, 6) is -0.506. The van der Waals surface area contributed by atoms with Crippen molar-refractivity contribution in [1.82, 2.24) is 9.80 Å². The van der Waals surface area contributed by atoms with Gasteiger partial charge in [-0.05, 0) is 51.4 Å². The summed E-state index contributed by atoms with van der Waals surface area (Å²) >= 11 is 0. The Morgan fingerprint density at radius 1 is 1.06 bits per heavy atom. The van der Waals surface area contributed by atoms with E-state index in [2.05, 4.69) is 0 Å². The topological polar surface area (TPSA) is 23.6 Å². The van der Waals surface area contributed by atoms with E-state index in [-0.39, 0.29) is 11.9 Å². The van der Waals surface area contributed by atoms with Crippen LogP contribution < -0.4 is 0 Å². The number of nitrogens with zero attached hydrogens (tertiary/aromatic N) is 2. The normalized spacial score (nSPS) is 16.1. The van der Waals surface area contributed by atoms with Crippen LogP contribution in [0.2, 0.25) is 0 Å². The molecule has 3 rings (SSSR count). The highest BCUT2D eigenvalue weighted by molar-refractivity contribution is 5.87. The van der Waals surface area contributed by atoms with Crippen molar-refractivity contribution in [2.75, 3.05) is 20.1 Å². The van der Waals surface area contributed by atoms with Gasteiger partial charge in [-0.1, -0.05) is 36.4 Å². The number of rotatable bonds is 5. The van der Waals surface area contributed by atoms with E-state index in [1.165, 1.54) is 18.2 Å². The van der Waals surface area contributed by atoms with Crippen LogP contribution in [-0.4, -0.2) is 41.9 Å². The quantitative estimate of drug-likeness (QED) is 0.598. The Balaban J connectivity index is 1.60. The SMILES string of the molecule is CN(Cc1cccc(C(F)(F)F)c1)C1CCN(C(=O)C(C)(C)c2ccccc2F)CC1. The smallest absolute Gasteiger partial charge is 0.342 e. The van der Waals surface area contributed by atoms with Crippen molar-refractivity contribution in [3.05, 3.63) is 71.0 Å². The number of carbonyl (C=O) groups is 1. The van der Waals surface area contributed by atoms with Crippen LogP contribution in [0.1, 0.15) is 43.4 Å². The molecule has 0 aromatic heterocycles. The van der Waals surface area contributed by atoms with Crippen LogP contribution in [-0.2, 0) is 22.9 Å². The Labute approximate surface area is 180 Å². The number of hydrogen-bond acceptors (Lipinski definition) is 2. The average molecular weight is 436 g/mol. The van der Waals surface area contributed by atoms with Gasteiger partial charge in [-0.2, -0.15) is 13.2 Å². The second-order valence-electron chi connectivity index (χ2n) is 8.74. The lowest BCUT2D eigenvalue weighted by atomic mass is 9.82. The van der Waals surface area contributed by atoms with E-state index in [1.54, 1.807) is 43.0 Å². The lowest BCUT2D eigenvalue weighted by Crippen LogP contribution is -2.50. The third-order valence-corrected chi connectivity index (χ3v) is 6.14. The van der Waals surface area contributed by atoms with Gasteiger partial charge >= 0.3 is 6.18 Å². The van der Waals surface area contributed by atoms with E-state index in [9.17, 15) is 22.4 Å². The predicted molar refractivity (Wildman–Crippen MR) is 112 cm³/mol. The van der Waals surface area contributed by atoms with Gasteiger partial charge in [0.15, 0.2) is 0 Å². The number of piperidine rings is 1. The van der Waals surface area contributed by atoms with E-state index in [1.807, 2.05) is 11.9 Å². The molecule has 2 aromatic rings. The fourth-order valence-electron chi connectivity index (χ4n) is 4.25. The maximum atomic E-state index is 14.2. The van der Waals surface area contributed by atoms with E-state index >= 15 is 0 Å². The van der Waals surface area contributed by atoms with Crippen LogP contribution in [0.25, 0.3) is 0 Å². The standard InChI is InChI=1S/C24H28F4N2O/c1-23(2,20-9-4-5-10-21(20)25)22(31)30-13-11-19(12-14-30)29(3)16-17-7-6-8-18(15-17)24(26,27)28/h4-10,15,19H,11-14,16H2,1-3H3. The fourth-order valence-corrected chi connectivity index (χ4v) is 4.25. The van der Waals surface area contributed by atoms with Gasteiger partial charge in [-0.25, -0.2) is 4.39 Å². The van der Waals surface area contributed by atoms with Crippen molar-refractivity contribution < 1.29 is 22.4 Å². The summed E-state index contributed by atoms with van der Waals surface area (Å²) in [5, 5.41) is 0. The maximum Gasteiger partial charge on any atom is 0.416 e. The zero-order chi connectivity index (χ0) is 22.8. The summed E-state index contributed by atoms with van der Waals surface area (Å²) in [6.45, 7) is 4.95. The van der Waals surface area contributed by atoms with Crippen molar-refractivity contribution >= 4 is 5.91 Å². The molecule has 0 atom stereocenters. The Morgan fingerprint density at radius 3 is 2.32 bits per heavy atom. The van der Waals surface area contributed by atoms with Crippen LogP contribution in [0.15, 0.2) is 48.5 Å². The molecule has 1 amide bonds. The number of amides is 1. The summed E-state index contributed by atoms with van der Waals surface area (Å²) in [6, 6.07) is 11.9. The molecule has 0 aliphatic carbocycles. The van der Waals surface area contributed by atoms with Crippen molar-refractivity contribution in [1.29, 1.82) is 0 Å². The Morgan fingerprint density at radius 2 is 1.71 bits per heavy atom. The second kappa shape index (κ2) is 8.99. The van der Waals surface area contributed by atoms with E-state index in [0.29, 0.717) is 43.6 Å². The minimum absolute atomic E-state index is 0.114. The molecule has 1 fully saturated rings. The van der Waals surface area contributed by atoms with E-state index in [0.717, 1.165) is 6.07 Å². The first-order chi connectivity index (χ1) is 14.5. The Bertz CT molecular complexity index is 918. The summed E-state index contributed by atoms with van der Waals surface area (Å²) in [7, 11) is 1.89. The molecule has 168 valence electrons. The molecule has 1 aliphatic rings. The molecule has 0 bridgehead atoms. The monoisotopic (exact) mass is 436 g/mol. The van der Waals surface area contributed by atoms with E-state index < -0.39 is 23.0 Å². The molecule has 3 nitrogen and oxygen atoms in total. The third kappa shape index (κ3) is 5.26. The van der Waals surface area contributed by atoms with Gasteiger partial charge in [-0.3, -0.25) is 9.69 Å². The molecule has 0 saturated carbocycles. The molecular weight excluding hydrogens is 408 g/mol. The van der Waals surface area contributed by atoms with Gasteiger partial charge in [0, 0.05) is 31.2 Å². The molecule has 1 heterocycles. The van der Waals surface area contributed by atoms with Gasteiger partial charge in [-0.15, -0.1) is 0 Å². The molecule has 1 saturated heterocycles. The van der Waals surface area contributed by atoms with Gasteiger partial charge < -0.3 is 4.90 Å². The summed E-state index contributed by atoms with van der Waals surface area (Å²) < 4.78 is 53.1. The number of carbonyl (C=O) groups excluding carboxylic acids is 1. The van der Waals surface area contributed by atoms with Crippen LogP contribution >= 0.6 is 0 Å². The Hall–Kier alpha value is -2.41. The molecule has 0 radical (unpaired) electrons.